The zero-order valence-corrected chi connectivity index (χ0v) is 14.9. The molecule has 2 aromatic rings. The Bertz CT molecular complexity index is 774. The van der Waals surface area contributed by atoms with Crippen LogP contribution in [0.25, 0.3) is 0 Å². The van der Waals surface area contributed by atoms with E-state index in [2.05, 4.69) is 15.5 Å². The zero-order valence-electron chi connectivity index (χ0n) is 13.3. The van der Waals surface area contributed by atoms with Crippen molar-refractivity contribution in [2.24, 2.45) is 0 Å². The minimum atomic E-state index is -3.62. The van der Waals surface area contributed by atoms with E-state index in [4.69, 9.17) is 0 Å². The number of sulfone groups is 1. The van der Waals surface area contributed by atoms with Gasteiger partial charge in [0.15, 0.2) is 9.84 Å². The van der Waals surface area contributed by atoms with Gasteiger partial charge in [-0.05, 0) is 42.8 Å². The van der Waals surface area contributed by atoms with Gasteiger partial charge in [-0.1, -0.05) is 31.2 Å². The molecule has 7 nitrogen and oxygen atoms in total. The second kappa shape index (κ2) is 7.31. The molecule has 0 aliphatic carbocycles. The predicted octanol–water partition coefficient (Wildman–Crippen LogP) is 2.40. The molecule has 0 bridgehead atoms. The third kappa shape index (κ3) is 3.66. The minimum absolute atomic E-state index is 0.0234. The molecule has 0 saturated heterocycles. The van der Waals surface area contributed by atoms with Crippen molar-refractivity contribution in [2.75, 3.05) is 0 Å². The van der Waals surface area contributed by atoms with Crippen LogP contribution in [-0.2, 0) is 16.4 Å². The molecule has 1 N–H and O–H groups in total. The summed E-state index contributed by atoms with van der Waals surface area (Å²) < 4.78 is 26.9. The van der Waals surface area contributed by atoms with Crippen LogP contribution in [0.4, 0.5) is 0 Å². The number of nitrogens with zero attached hydrogens (tertiary/aromatic N) is 4. The lowest BCUT2D eigenvalue weighted by atomic mass is 10.2. The molecule has 0 radical (unpaired) electrons. The number of hydrogen-bond acceptors (Lipinski definition) is 7. The van der Waals surface area contributed by atoms with Crippen LogP contribution >= 0.6 is 11.8 Å². The molecule has 23 heavy (non-hydrogen) atoms. The van der Waals surface area contributed by atoms with E-state index in [-0.39, 0.29) is 10.6 Å². The molecule has 0 fully saturated rings. The van der Waals surface area contributed by atoms with Gasteiger partial charge in [0.1, 0.15) is 10.3 Å². The maximum Gasteiger partial charge on any atom is 0.210 e. The summed E-state index contributed by atoms with van der Waals surface area (Å²) in [4.78, 5) is 0.152. The van der Waals surface area contributed by atoms with E-state index in [0.717, 1.165) is 11.8 Å². The van der Waals surface area contributed by atoms with Gasteiger partial charge in [0.05, 0.1) is 4.90 Å². The predicted molar refractivity (Wildman–Crippen MR) is 88.1 cm³/mol. The fraction of sp³-hybridized carbons (Fsp3) is 0.500. The molecule has 0 amide bonds. The Morgan fingerprint density at radius 3 is 2.74 bits per heavy atom. The molecule has 1 atom stereocenters. The Morgan fingerprint density at radius 2 is 2.09 bits per heavy atom. The first-order valence-corrected chi connectivity index (χ1v) is 9.79. The van der Waals surface area contributed by atoms with Crippen molar-refractivity contribution >= 4 is 21.6 Å². The first-order chi connectivity index (χ1) is 10.9. The van der Waals surface area contributed by atoms with Gasteiger partial charge in [-0.25, -0.2) is 13.1 Å². The molecule has 1 aromatic carbocycles. The normalized spacial score (nSPS) is 13.2. The van der Waals surface area contributed by atoms with Gasteiger partial charge >= 0.3 is 0 Å². The molecule has 1 unspecified atom stereocenters. The summed E-state index contributed by atoms with van der Waals surface area (Å²) in [6, 6.07) is 4.54. The monoisotopic (exact) mass is 356 g/mol. The number of tetrazole rings is 1. The van der Waals surface area contributed by atoms with Gasteiger partial charge < -0.3 is 5.11 Å². The van der Waals surface area contributed by atoms with Crippen molar-refractivity contribution in [1.82, 2.24) is 20.2 Å². The fourth-order valence-corrected chi connectivity index (χ4v) is 5.83. The number of benzene rings is 1. The Hall–Kier alpha value is -1.61. The average molecular weight is 356 g/mol. The number of aromatic hydroxyl groups is 1. The Labute approximate surface area is 140 Å². The quantitative estimate of drug-likeness (QED) is 0.761. The molecule has 1 aromatic heterocycles. The number of phenolic OH excluding ortho intramolecular Hbond substituents is 1. The molecular formula is C14H20N4O3S2. The third-order valence-electron chi connectivity index (χ3n) is 3.47. The largest absolute Gasteiger partial charge is 0.508 e. The number of rotatable bonds is 7. The van der Waals surface area contributed by atoms with Gasteiger partial charge in [-0.3, -0.25) is 0 Å². The van der Waals surface area contributed by atoms with Crippen LogP contribution in [0.3, 0.4) is 0 Å². The maximum absolute atomic E-state index is 13.0. The molecule has 9 heteroatoms. The highest BCUT2D eigenvalue weighted by molar-refractivity contribution is 8.13. The average Bonchev–Trinajstić information content (AvgIpc) is 2.96. The summed E-state index contributed by atoms with van der Waals surface area (Å²) in [5, 5.41) is 21.6. The molecule has 0 aliphatic rings. The number of aromatic nitrogens is 4. The lowest BCUT2D eigenvalue weighted by Crippen LogP contribution is -2.20. The lowest BCUT2D eigenvalue weighted by molar-refractivity contribution is 0.468. The van der Waals surface area contributed by atoms with E-state index >= 15 is 0 Å². The Balaban J connectivity index is 2.41. The molecule has 0 spiro atoms. The summed E-state index contributed by atoms with van der Waals surface area (Å²) in [7, 11) is -3.62. The van der Waals surface area contributed by atoms with Gasteiger partial charge in [0.25, 0.3) is 0 Å². The number of thioether (sulfide) groups is 1. The van der Waals surface area contributed by atoms with Crippen molar-refractivity contribution in [3.05, 3.63) is 23.8 Å². The first-order valence-electron chi connectivity index (χ1n) is 7.37. The second-order valence-corrected chi connectivity index (χ2v) is 8.63. The molecule has 0 aliphatic heterocycles. The Kier molecular flexibility index (Phi) is 5.64. The van der Waals surface area contributed by atoms with E-state index in [1.54, 1.807) is 17.7 Å². The molecule has 0 saturated carbocycles. The number of hydrogen-bond donors (Lipinski definition) is 1. The number of phenols is 1. The summed E-state index contributed by atoms with van der Waals surface area (Å²) in [6.07, 6.45) is 1.18. The van der Waals surface area contributed by atoms with E-state index in [1.165, 1.54) is 12.1 Å². The van der Waals surface area contributed by atoms with Gasteiger partial charge in [0.2, 0.25) is 5.16 Å². The molecule has 126 valence electrons. The SMILES string of the molecule is CCCC(Sc1nnnn1CC)S(=O)(=O)c1cccc(O)c1C. The van der Waals surface area contributed by atoms with Crippen LogP contribution in [0, 0.1) is 6.92 Å². The topological polar surface area (TPSA) is 98.0 Å². The summed E-state index contributed by atoms with van der Waals surface area (Å²) in [5.41, 5.74) is 0.365. The summed E-state index contributed by atoms with van der Waals surface area (Å²) in [5.74, 6) is -0.0234. The van der Waals surface area contributed by atoms with Crippen LogP contribution in [0.2, 0.25) is 0 Å². The van der Waals surface area contributed by atoms with E-state index in [9.17, 15) is 13.5 Å². The van der Waals surface area contributed by atoms with E-state index in [1.807, 2.05) is 13.8 Å². The smallest absolute Gasteiger partial charge is 0.210 e. The van der Waals surface area contributed by atoms with Crippen LogP contribution in [0.15, 0.2) is 28.3 Å². The zero-order chi connectivity index (χ0) is 17.0. The van der Waals surface area contributed by atoms with Crippen molar-refractivity contribution in [1.29, 1.82) is 0 Å². The van der Waals surface area contributed by atoms with Crippen LogP contribution in [-0.4, -0.2) is 38.3 Å². The highest BCUT2D eigenvalue weighted by Crippen LogP contribution is 2.35. The first kappa shape index (κ1) is 17.7. The van der Waals surface area contributed by atoms with Crippen molar-refractivity contribution in [3.8, 4) is 5.75 Å². The highest BCUT2D eigenvalue weighted by Gasteiger charge is 2.31. The van der Waals surface area contributed by atoms with E-state index < -0.39 is 14.4 Å². The van der Waals surface area contributed by atoms with E-state index in [0.29, 0.717) is 30.1 Å². The molecule has 2 rings (SSSR count). The van der Waals surface area contributed by atoms with Gasteiger partial charge in [-0.2, -0.15) is 0 Å². The van der Waals surface area contributed by atoms with Gasteiger partial charge in [0, 0.05) is 12.1 Å². The summed E-state index contributed by atoms with van der Waals surface area (Å²) >= 11 is 1.14. The fourth-order valence-electron chi connectivity index (χ4n) is 2.16. The van der Waals surface area contributed by atoms with Crippen LogP contribution in [0.5, 0.6) is 5.75 Å². The third-order valence-corrected chi connectivity index (χ3v) is 7.50. The molecular weight excluding hydrogens is 336 g/mol. The van der Waals surface area contributed by atoms with Crippen LogP contribution < -0.4 is 0 Å². The minimum Gasteiger partial charge on any atom is -0.508 e. The van der Waals surface area contributed by atoms with Crippen molar-refractivity contribution in [3.63, 3.8) is 0 Å². The van der Waals surface area contributed by atoms with Crippen LogP contribution in [0.1, 0.15) is 32.3 Å². The van der Waals surface area contributed by atoms with Gasteiger partial charge in [-0.15, -0.1) is 5.10 Å². The second-order valence-electron chi connectivity index (χ2n) is 5.06. The highest BCUT2D eigenvalue weighted by atomic mass is 32.3. The standard InChI is InChI=1S/C14H20N4O3S2/c1-4-7-13(22-14-15-16-17-18(14)5-2)23(20,21)12-9-6-8-11(19)10(12)3/h6,8-9,13,19H,4-5,7H2,1-3H3. The maximum atomic E-state index is 13.0. The summed E-state index contributed by atoms with van der Waals surface area (Å²) in [6.45, 7) is 6.00. The molecule has 1 heterocycles. The van der Waals surface area contributed by atoms with Crippen molar-refractivity contribution < 1.29 is 13.5 Å². The van der Waals surface area contributed by atoms with Crippen molar-refractivity contribution in [2.45, 2.75) is 54.8 Å². The number of aryl methyl sites for hydroxylation is 1. The Morgan fingerprint density at radius 1 is 1.35 bits per heavy atom. The lowest BCUT2D eigenvalue weighted by Gasteiger charge is -2.17.